The molecule has 1 amide bonds. The lowest BCUT2D eigenvalue weighted by Crippen LogP contribution is -2.49. The van der Waals surface area contributed by atoms with Gasteiger partial charge in [0.25, 0.3) is 0 Å². The Hall–Kier alpha value is -1.06. The van der Waals surface area contributed by atoms with Gasteiger partial charge in [0.15, 0.2) is 5.78 Å². The molecule has 0 bridgehead atoms. The second kappa shape index (κ2) is 7.39. The topological polar surface area (TPSA) is 55.4 Å². The van der Waals surface area contributed by atoms with Crippen molar-refractivity contribution in [1.29, 1.82) is 0 Å². The molecule has 18 heavy (non-hydrogen) atoms. The average Bonchev–Trinajstić information content (AvgIpc) is 2.12. The van der Waals surface area contributed by atoms with Crippen LogP contribution in [0.2, 0.25) is 0 Å². The van der Waals surface area contributed by atoms with E-state index in [2.05, 4.69) is 5.32 Å². The Labute approximate surface area is 111 Å². The molecule has 108 valence electrons. The van der Waals surface area contributed by atoms with Gasteiger partial charge in [-0.3, -0.25) is 4.79 Å². The Morgan fingerprint density at radius 2 is 1.39 bits per heavy atom. The van der Waals surface area contributed by atoms with Crippen molar-refractivity contribution >= 4 is 11.9 Å². The molecule has 0 heterocycles. The zero-order valence-electron chi connectivity index (χ0n) is 13.3. The monoisotopic (exact) mass is 259 g/mol. The lowest BCUT2D eigenvalue weighted by Gasteiger charge is -2.30. The van der Waals surface area contributed by atoms with Crippen LogP contribution in [0.1, 0.15) is 62.3 Å². The van der Waals surface area contributed by atoms with Crippen molar-refractivity contribution in [2.24, 2.45) is 5.41 Å². The van der Waals surface area contributed by atoms with Gasteiger partial charge < -0.3 is 10.1 Å². The van der Waals surface area contributed by atoms with E-state index < -0.39 is 17.7 Å². The van der Waals surface area contributed by atoms with Gasteiger partial charge in [-0.25, -0.2) is 4.79 Å². The predicted molar refractivity (Wildman–Crippen MR) is 74.6 cm³/mol. The first-order valence-corrected chi connectivity index (χ1v) is 6.43. The van der Waals surface area contributed by atoms with Crippen LogP contribution in [0.5, 0.6) is 0 Å². The molecule has 4 nitrogen and oxygen atoms in total. The minimum Gasteiger partial charge on any atom is -0.444 e. The maximum absolute atomic E-state index is 11.5. The van der Waals surface area contributed by atoms with Gasteiger partial charge in [-0.05, 0) is 33.1 Å². The van der Waals surface area contributed by atoms with Crippen LogP contribution in [0.3, 0.4) is 0 Å². The van der Waals surface area contributed by atoms with Gasteiger partial charge in [-0.2, -0.15) is 0 Å². The fraction of sp³-hybridized carbons (Fsp3) is 0.857. The highest BCUT2D eigenvalue weighted by Gasteiger charge is 2.31. The SMILES string of the molecule is CC.CC(=O)C(NC(=O)OC(C)(C)C)C(C)(C)C. The molecule has 0 aromatic carbocycles. The standard InChI is InChI=1S/C12H23NO3.C2H6/c1-8(14)9(11(2,3)4)13-10(15)16-12(5,6)7;1-2/h9H,1-7H3,(H,13,15);1-2H3. The number of ketones is 1. The van der Waals surface area contributed by atoms with Crippen molar-refractivity contribution in [3.63, 3.8) is 0 Å². The Kier molecular flexibility index (Phi) is 7.92. The van der Waals surface area contributed by atoms with E-state index in [1.165, 1.54) is 6.92 Å². The number of hydrogen-bond acceptors (Lipinski definition) is 3. The van der Waals surface area contributed by atoms with Crippen molar-refractivity contribution in [1.82, 2.24) is 5.32 Å². The first-order valence-electron chi connectivity index (χ1n) is 6.43. The number of hydrogen-bond donors (Lipinski definition) is 1. The molecule has 4 heteroatoms. The Bertz CT molecular complexity index is 272. The second-order valence-corrected chi connectivity index (χ2v) is 6.06. The lowest BCUT2D eigenvalue weighted by molar-refractivity contribution is -0.121. The van der Waals surface area contributed by atoms with Gasteiger partial charge in [0, 0.05) is 0 Å². The van der Waals surface area contributed by atoms with Crippen LogP contribution in [0.25, 0.3) is 0 Å². The van der Waals surface area contributed by atoms with Gasteiger partial charge >= 0.3 is 6.09 Å². The van der Waals surface area contributed by atoms with Crippen molar-refractivity contribution < 1.29 is 14.3 Å². The van der Waals surface area contributed by atoms with E-state index in [-0.39, 0.29) is 11.2 Å². The number of rotatable bonds is 2. The Morgan fingerprint density at radius 1 is 1.00 bits per heavy atom. The molecular formula is C14H29NO3. The number of carbonyl (C=O) groups is 2. The maximum Gasteiger partial charge on any atom is 0.408 e. The largest absolute Gasteiger partial charge is 0.444 e. The maximum atomic E-state index is 11.5. The molecule has 0 aromatic rings. The smallest absolute Gasteiger partial charge is 0.408 e. The highest BCUT2D eigenvalue weighted by Crippen LogP contribution is 2.20. The lowest BCUT2D eigenvalue weighted by atomic mass is 9.85. The third kappa shape index (κ3) is 9.02. The summed E-state index contributed by atoms with van der Waals surface area (Å²) in [5.41, 5.74) is -0.869. The van der Waals surface area contributed by atoms with Crippen molar-refractivity contribution in [3.8, 4) is 0 Å². The number of Topliss-reactive ketones (excluding diaryl/α,β-unsaturated/α-hetero) is 1. The highest BCUT2D eigenvalue weighted by atomic mass is 16.6. The summed E-state index contributed by atoms with van der Waals surface area (Å²) in [5, 5.41) is 2.60. The molecule has 0 aromatic heterocycles. The summed E-state index contributed by atoms with van der Waals surface area (Å²) in [6.07, 6.45) is -0.553. The number of amides is 1. The molecule has 0 saturated carbocycles. The van der Waals surface area contributed by atoms with Gasteiger partial charge in [-0.15, -0.1) is 0 Å². The zero-order valence-corrected chi connectivity index (χ0v) is 13.3. The first-order chi connectivity index (χ1) is 7.93. The van der Waals surface area contributed by atoms with E-state index in [1.807, 2.05) is 34.6 Å². The molecule has 0 rings (SSSR count). The summed E-state index contributed by atoms with van der Waals surface area (Å²) in [6, 6.07) is -0.526. The zero-order chi connectivity index (χ0) is 15.1. The minimum atomic E-state index is -0.553. The van der Waals surface area contributed by atoms with Gasteiger partial charge in [0.05, 0.1) is 6.04 Å². The number of carbonyl (C=O) groups excluding carboxylic acids is 2. The summed E-state index contributed by atoms with van der Waals surface area (Å²) >= 11 is 0. The van der Waals surface area contributed by atoms with Gasteiger partial charge in [0.1, 0.15) is 5.60 Å². The van der Waals surface area contributed by atoms with Crippen LogP contribution in [0.15, 0.2) is 0 Å². The van der Waals surface area contributed by atoms with Crippen molar-refractivity contribution in [3.05, 3.63) is 0 Å². The average molecular weight is 259 g/mol. The van der Waals surface area contributed by atoms with Crippen molar-refractivity contribution in [2.75, 3.05) is 0 Å². The normalized spacial score (nSPS) is 12.9. The molecule has 0 aliphatic carbocycles. The first kappa shape index (κ1) is 19.3. The molecule has 0 spiro atoms. The van der Waals surface area contributed by atoms with E-state index in [0.717, 1.165) is 0 Å². The molecular weight excluding hydrogens is 230 g/mol. The van der Waals surface area contributed by atoms with E-state index in [1.54, 1.807) is 20.8 Å². The summed E-state index contributed by atoms with van der Waals surface area (Å²) < 4.78 is 5.11. The van der Waals surface area contributed by atoms with Crippen LogP contribution in [0, 0.1) is 5.41 Å². The van der Waals surface area contributed by atoms with E-state index >= 15 is 0 Å². The second-order valence-electron chi connectivity index (χ2n) is 6.06. The van der Waals surface area contributed by atoms with Gasteiger partial charge in [0.2, 0.25) is 0 Å². The summed E-state index contributed by atoms with van der Waals surface area (Å²) in [4.78, 5) is 23.0. The van der Waals surface area contributed by atoms with E-state index in [4.69, 9.17) is 4.74 Å². The number of ether oxygens (including phenoxy) is 1. The fourth-order valence-electron chi connectivity index (χ4n) is 1.35. The van der Waals surface area contributed by atoms with Crippen LogP contribution in [-0.2, 0) is 9.53 Å². The van der Waals surface area contributed by atoms with Crippen LogP contribution >= 0.6 is 0 Å². The molecule has 0 radical (unpaired) electrons. The van der Waals surface area contributed by atoms with Crippen LogP contribution in [0.4, 0.5) is 4.79 Å². The molecule has 0 aliphatic heterocycles. The molecule has 0 saturated heterocycles. The molecule has 0 aliphatic rings. The highest BCUT2D eigenvalue weighted by molar-refractivity contribution is 5.86. The third-order valence-corrected chi connectivity index (χ3v) is 1.93. The van der Waals surface area contributed by atoms with Crippen LogP contribution in [-0.4, -0.2) is 23.5 Å². The molecule has 1 atom stereocenters. The fourth-order valence-corrected chi connectivity index (χ4v) is 1.35. The Morgan fingerprint density at radius 3 is 1.61 bits per heavy atom. The van der Waals surface area contributed by atoms with E-state index in [0.29, 0.717) is 0 Å². The van der Waals surface area contributed by atoms with Crippen LogP contribution < -0.4 is 5.32 Å². The Balaban J connectivity index is 0. The summed E-state index contributed by atoms with van der Waals surface area (Å²) in [5.74, 6) is -0.0710. The number of alkyl carbamates (subject to hydrolysis) is 1. The van der Waals surface area contributed by atoms with Gasteiger partial charge in [-0.1, -0.05) is 34.6 Å². The minimum absolute atomic E-state index is 0.0710. The quantitative estimate of drug-likeness (QED) is 0.825. The summed E-state index contributed by atoms with van der Waals surface area (Å²) in [6.45, 7) is 16.5. The van der Waals surface area contributed by atoms with Crippen molar-refractivity contribution in [2.45, 2.75) is 74.0 Å². The third-order valence-electron chi connectivity index (χ3n) is 1.93. The number of nitrogens with one attached hydrogen (secondary N) is 1. The molecule has 1 N–H and O–H groups in total. The molecule has 1 unspecified atom stereocenters. The predicted octanol–water partition coefficient (Wildman–Crippen LogP) is 3.54. The molecule has 0 fully saturated rings. The summed E-state index contributed by atoms with van der Waals surface area (Å²) in [7, 11) is 0. The van der Waals surface area contributed by atoms with E-state index in [9.17, 15) is 9.59 Å².